The first-order valence-electron chi connectivity index (χ1n) is 4.23. The Morgan fingerprint density at radius 1 is 1.47 bits per heavy atom. The zero-order valence-electron chi connectivity index (χ0n) is 8.00. The van der Waals surface area contributed by atoms with Crippen molar-refractivity contribution in [2.24, 2.45) is 5.16 Å². The van der Waals surface area contributed by atoms with Crippen LogP contribution in [0.25, 0.3) is 0 Å². The molecule has 0 unspecified atom stereocenters. The molecule has 1 aromatic carbocycles. The van der Waals surface area contributed by atoms with Crippen LogP contribution >= 0.6 is 23.2 Å². The van der Waals surface area contributed by atoms with Crippen molar-refractivity contribution in [1.82, 2.24) is 0 Å². The number of hydrogen-bond donors (Lipinski definition) is 2. The average Bonchev–Trinajstić information content (AvgIpc) is 2.20. The fourth-order valence-electron chi connectivity index (χ4n) is 1.03. The maximum atomic E-state index is 8.22. The molecule has 0 spiro atoms. The number of benzene rings is 1. The number of anilines is 1. The number of nitrogens with one attached hydrogen (secondary N) is 1. The summed E-state index contributed by atoms with van der Waals surface area (Å²) < 4.78 is 5.25. The molecule has 0 aliphatic heterocycles. The first-order valence-corrected chi connectivity index (χ1v) is 4.99. The first-order chi connectivity index (χ1) is 7.19. The van der Waals surface area contributed by atoms with E-state index in [9.17, 15) is 0 Å². The van der Waals surface area contributed by atoms with Crippen LogP contribution in [-0.4, -0.2) is 18.2 Å². The number of halogens is 2. The minimum absolute atomic E-state index is 0.401. The van der Waals surface area contributed by atoms with Crippen LogP contribution in [0.4, 0.5) is 5.69 Å². The highest BCUT2D eigenvalue weighted by Gasteiger charge is 2.08. The van der Waals surface area contributed by atoms with Crippen LogP contribution in [0.3, 0.4) is 0 Å². The second-order valence-electron chi connectivity index (χ2n) is 2.59. The van der Waals surface area contributed by atoms with Crippen LogP contribution in [0.15, 0.2) is 17.3 Å². The van der Waals surface area contributed by atoms with Gasteiger partial charge in [-0.15, -0.1) is 0 Å². The van der Waals surface area contributed by atoms with Crippen molar-refractivity contribution in [1.29, 1.82) is 0 Å². The van der Waals surface area contributed by atoms with Crippen LogP contribution in [0.1, 0.15) is 6.92 Å². The standard InChI is InChI=1S/C9H10Cl2N2O2/c1-2-15-9-7(10)3-6(4-8(9)11)12-5-13-14/h3-5,14H,2H2,1H3,(H,12,13). The Kier molecular flexibility index (Phi) is 4.52. The van der Waals surface area contributed by atoms with E-state index >= 15 is 0 Å². The van der Waals surface area contributed by atoms with Gasteiger partial charge in [0.05, 0.1) is 16.7 Å². The lowest BCUT2D eigenvalue weighted by atomic mass is 10.3. The van der Waals surface area contributed by atoms with Crippen molar-refractivity contribution in [3.05, 3.63) is 22.2 Å². The van der Waals surface area contributed by atoms with Crippen molar-refractivity contribution in [3.8, 4) is 5.75 Å². The van der Waals surface area contributed by atoms with E-state index in [2.05, 4.69) is 10.5 Å². The molecule has 1 aromatic rings. The van der Waals surface area contributed by atoms with E-state index in [0.717, 1.165) is 6.34 Å². The summed E-state index contributed by atoms with van der Waals surface area (Å²) in [5, 5.41) is 14.5. The Labute approximate surface area is 97.4 Å². The fourth-order valence-corrected chi connectivity index (χ4v) is 1.63. The summed E-state index contributed by atoms with van der Waals surface area (Å²) in [6, 6.07) is 3.25. The summed E-state index contributed by atoms with van der Waals surface area (Å²) >= 11 is 11.9. The molecule has 0 bridgehead atoms. The third kappa shape index (κ3) is 3.18. The molecule has 82 valence electrons. The second-order valence-corrected chi connectivity index (χ2v) is 3.41. The number of oxime groups is 1. The predicted molar refractivity (Wildman–Crippen MR) is 61.5 cm³/mol. The molecule has 0 aromatic heterocycles. The SMILES string of the molecule is CCOc1c(Cl)cc(N/C=N/O)cc1Cl. The molecule has 0 aliphatic carbocycles. The number of ether oxygens (including phenoxy) is 1. The average molecular weight is 249 g/mol. The van der Waals surface area contributed by atoms with Gasteiger partial charge in [-0.2, -0.15) is 0 Å². The number of rotatable bonds is 4. The first kappa shape index (κ1) is 11.9. The van der Waals surface area contributed by atoms with Gasteiger partial charge in [0.1, 0.15) is 6.34 Å². The zero-order chi connectivity index (χ0) is 11.3. The Hall–Kier alpha value is -1.13. The quantitative estimate of drug-likeness (QED) is 0.373. The van der Waals surface area contributed by atoms with E-state index in [0.29, 0.717) is 28.1 Å². The predicted octanol–water partition coefficient (Wildman–Crippen LogP) is 3.22. The van der Waals surface area contributed by atoms with E-state index in [1.165, 1.54) is 0 Å². The molecule has 4 nitrogen and oxygen atoms in total. The molecule has 0 saturated heterocycles. The van der Waals surface area contributed by atoms with Crippen LogP contribution in [0.2, 0.25) is 10.0 Å². The van der Waals surface area contributed by atoms with Crippen molar-refractivity contribution < 1.29 is 9.94 Å². The smallest absolute Gasteiger partial charge is 0.156 e. The van der Waals surface area contributed by atoms with E-state index in [1.807, 2.05) is 6.92 Å². The maximum Gasteiger partial charge on any atom is 0.156 e. The van der Waals surface area contributed by atoms with Crippen LogP contribution in [0, 0.1) is 0 Å². The molecule has 0 saturated carbocycles. The molecule has 6 heteroatoms. The molecular weight excluding hydrogens is 239 g/mol. The van der Waals surface area contributed by atoms with Gasteiger partial charge < -0.3 is 15.3 Å². The molecule has 0 heterocycles. The van der Waals surface area contributed by atoms with Gasteiger partial charge in [0.25, 0.3) is 0 Å². The molecule has 2 N–H and O–H groups in total. The van der Waals surface area contributed by atoms with Crippen LogP contribution < -0.4 is 10.1 Å². The van der Waals surface area contributed by atoms with Crippen molar-refractivity contribution in [2.75, 3.05) is 11.9 Å². The topological polar surface area (TPSA) is 53.8 Å². The molecule has 0 atom stereocenters. The summed E-state index contributed by atoms with van der Waals surface area (Å²) in [4.78, 5) is 0. The minimum atomic E-state index is 0.401. The fraction of sp³-hybridized carbons (Fsp3) is 0.222. The minimum Gasteiger partial charge on any atom is -0.491 e. The van der Waals surface area contributed by atoms with Crippen LogP contribution in [0.5, 0.6) is 5.75 Å². The molecule has 0 radical (unpaired) electrons. The largest absolute Gasteiger partial charge is 0.491 e. The third-order valence-electron chi connectivity index (χ3n) is 1.58. The Balaban J connectivity index is 2.96. The second kappa shape index (κ2) is 5.68. The summed E-state index contributed by atoms with van der Waals surface area (Å²) in [7, 11) is 0. The Bertz CT molecular complexity index is 346. The van der Waals surface area contributed by atoms with Gasteiger partial charge >= 0.3 is 0 Å². The zero-order valence-corrected chi connectivity index (χ0v) is 9.51. The maximum absolute atomic E-state index is 8.22. The van der Waals surface area contributed by atoms with E-state index < -0.39 is 0 Å². The molecule has 15 heavy (non-hydrogen) atoms. The van der Waals surface area contributed by atoms with Gasteiger partial charge in [-0.25, -0.2) is 0 Å². The Morgan fingerprint density at radius 3 is 2.53 bits per heavy atom. The molecule has 0 fully saturated rings. The molecule has 1 rings (SSSR count). The van der Waals surface area contributed by atoms with Crippen LogP contribution in [-0.2, 0) is 0 Å². The normalized spacial score (nSPS) is 10.6. The van der Waals surface area contributed by atoms with E-state index in [1.54, 1.807) is 12.1 Å². The lowest BCUT2D eigenvalue weighted by Gasteiger charge is -2.09. The van der Waals surface area contributed by atoms with Gasteiger partial charge in [-0.05, 0) is 19.1 Å². The van der Waals surface area contributed by atoms with Gasteiger partial charge in [0.15, 0.2) is 5.75 Å². The monoisotopic (exact) mass is 248 g/mol. The number of nitrogens with zero attached hydrogens (tertiary/aromatic N) is 1. The number of hydrogen-bond acceptors (Lipinski definition) is 3. The third-order valence-corrected chi connectivity index (χ3v) is 2.14. The van der Waals surface area contributed by atoms with Gasteiger partial charge in [0.2, 0.25) is 0 Å². The molecular formula is C9H10Cl2N2O2. The van der Waals surface area contributed by atoms with Crippen molar-refractivity contribution in [3.63, 3.8) is 0 Å². The lowest BCUT2D eigenvalue weighted by Crippen LogP contribution is -1.97. The van der Waals surface area contributed by atoms with Gasteiger partial charge in [0, 0.05) is 5.69 Å². The molecule has 0 amide bonds. The van der Waals surface area contributed by atoms with Crippen molar-refractivity contribution in [2.45, 2.75) is 6.92 Å². The van der Waals surface area contributed by atoms with E-state index in [-0.39, 0.29) is 0 Å². The molecule has 0 aliphatic rings. The summed E-state index contributed by atoms with van der Waals surface area (Å²) in [6.45, 7) is 2.33. The summed E-state index contributed by atoms with van der Waals surface area (Å²) in [5.41, 5.74) is 0.617. The van der Waals surface area contributed by atoms with E-state index in [4.69, 9.17) is 33.1 Å². The Morgan fingerprint density at radius 2 is 2.07 bits per heavy atom. The highest BCUT2D eigenvalue weighted by atomic mass is 35.5. The summed E-state index contributed by atoms with van der Waals surface area (Å²) in [6.07, 6.45) is 1.11. The summed E-state index contributed by atoms with van der Waals surface area (Å²) in [5.74, 6) is 0.451. The highest BCUT2D eigenvalue weighted by Crippen LogP contribution is 2.35. The van der Waals surface area contributed by atoms with Gasteiger partial charge in [-0.3, -0.25) is 0 Å². The highest BCUT2D eigenvalue weighted by molar-refractivity contribution is 6.37. The van der Waals surface area contributed by atoms with Crippen molar-refractivity contribution >= 4 is 35.2 Å². The van der Waals surface area contributed by atoms with Gasteiger partial charge in [-0.1, -0.05) is 28.4 Å². The lowest BCUT2D eigenvalue weighted by molar-refractivity contribution is 0.321.